The van der Waals surface area contributed by atoms with Gasteiger partial charge in [-0.3, -0.25) is 0 Å². The first-order chi connectivity index (χ1) is 8.67. The lowest BCUT2D eigenvalue weighted by atomic mass is 10.1. The van der Waals surface area contributed by atoms with Gasteiger partial charge in [0.25, 0.3) is 0 Å². The van der Waals surface area contributed by atoms with E-state index in [0.717, 1.165) is 36.7 Å². The van der Waals surface area contributed by atoms with Crippen LogP contribution >= 0.6 is 0 Å². The highest BCUT2D eigenvalue weighted by Crippen LogP contribution is 2.18. The van der Waals surface area contributed by atoms with E-state index in [1.54, 1.807) is 0 Å². The Labute approximate surface area is 108 Å². The third kappa shape index (κ3) is 2.40. The van der Waals surface area contributed by atoms with Crippen molar-refractivity contribution in [1.82, 2.24) is 14.3 Å². The van der Waals surface area contributed by atoms with E-state index in [1.807, 2.05) is 31.3 Å². The molecule has 0 aliphatic carbocycles. The number of pyridine rings is 1. The Hall–Kier alpha value is -1.39. The first-order valence-electron chi connectivity index (χ1n) is 6.58. The van der Waals surface area contributed by atoms with Crippen molar-refractivity contribution in [3.63, 3.8) is 0 Å². The Balaban J connectivity index is 2.32. The van der Waals surface area contributed by atoms with Crippen LogP contribution in [0.1, 0.15) is 31.3 Å². The molecule has 2 heterocycles. The summed E-state index contributed by atoms with van der Waals surface area (Å²) in [5, 5.41) is 0. The summed E-state index contributed by atoms with van der Waals surface area (Å²) in [7, 11) is 0. The maximum atomic E-state index is 6.36. The second kappa shape index (κ2) is 5.50. The zero-order chi connectivity index (χ0) is 13.1. The van der Waals surface area contributed by atoms with Crippen molar-refractivity contribution >= 4 is 5.65 Å². The molecule has 98 valence electrons. The Bertz CT molecular complexity index is 513. The van der Waals surface area contributed by atoms with E-state index in [-0.39, 0.29) is 6.04 Å². The van der Waals surface area contributed by atoms with Gasteiger partial charge in [0, 0.05) is 12.7 Å². The smallest absolute Gasteiger partial charge is 0.137 e. The van der Waals surface area contributed by atoms with E-state index in [2.05, 4.69) is 28.1 Å². The normalized spacial score (nSPS) is 13.4. The van der Waals surface area contributed by atoms with Gasteiger partial charge in [-0.15, -0.1) is 0 Å². The van der Waals surface area contributed by atoms with Gasteiger partial charge in [-0.25, -0.2) is 4.98 Å². The fourth-order valence-electron chi connectivity index (χ4n) is 2.43. The van der Waals surface area contributed by atoms with Crippen LogP contribution in [0.3, 0.4) is 0 Å². The average molecular weight is 246 g/mol. The predicted octanol–water partition coefficient (Wildman–Crippen LogP) is 1.98. The van der Waals surface area contributed by atoms with E-state index in [4.69, 9.17) is 5.73 Å². The third-order valence-corrected chi connectivity index (χ3v) is 3.45. The lowest BCUT2D eigenvalue weighted by Crippen LogP contribution is -2.32. The molecular weight excluding hydrogens is 224 g/mol. The van der Waals surface area contributed by atoms with Crippen LogP contribution in [0.25, 0.3) is 5.65 Å². The molecule has 0 bridgehead atoms. The van der Waals surface area contributed by atoms with Crippen molar-refractivity contribution in [2.45, 2.75) is 26.8 Å². The molecule has 0 amide bonds. The fraction of sp³-hybridized carbons (Fsp3) is 0.500. The number of fused-ring (bicyclic) bond motifs is 1. The lowest BCUT2D eigenvalue weighted by Gasteiger charge is -2.22. The van der Waals surface area contributed by atoms with Gasteiger partial charge in [-0.2, -0.15) is 0 Å². The molecule has 1 unspecified atom stereocenters. The van der Waals surface area contributed by atoms with Crippen LogP contribution in [0.15, 0.2) is 24.4 Å². The number of hydrogen-bond donors (Lipinski definition) is 1. The Kier molecular flexibility index (Phi) is 3.99. The molecule has 0 radical (unpaired) electrons. The first kappa shape index (κ1) is 13.1. The minimum absolute atomic E-state index is 0.00213. The van der Waals surface area contributed by atoms with E-state index in [1.165, 1.54) is 0 Å². The van der Waals surface area contributed by atoms with Gasteiger partial charge < -0.3 is 15.0 Å². The summed E-state index contributed by atoms with van der Waals surface area (Å²) in [5.41, 5.74) is 9.48. The van der Waals surface area contributed by atoms with E-state index in [0.29, 0.717) is 0 Å². The lowest BCUT2D eigenvalue weighted by molar-refractivity contribution is 0.282. The van der Waals surface area contributed by atoms with Crippen molar-refractivity contribution < 1.29 is 0 Å². The van der Waals surface area contributed by atoms with Gasteiger partial charge in [0.15, 0.2) is 0 Å². The minimum atomic E-state index is 0.00213. The molecule has 0 aliphatic rings. The summed E-state index contributed by atoms with van der Waals surface area (Å²) < 4.78 is 2.10. The maximum Gasteiger partial charge on any atom is 0.137 e. The monoisotopic (exact) mass is 246 g/mol. The number of imidazole rings is 1. The average Bonchev–Trinajstić information content (AvgIpc) is 2.71. The van der Waals surface area contributed by atoms with Crippen molar-refractivity contribution in [3.05, 3.63) is 35.8 Å². The summed E-state index contributed by atoms with van der Waals surface area (Å²) >= 11 is 0. The van der Waals surface area contributed by atoms with Crippen LogP contribution in [0.4, 0.5) is 0 Å². The predicted molar refractivity (Wildman–Crippen MR) is 74.6 cm³/mol. The summed E-state index contributed by atoms with van der Waals surface area (Å²) in [6.07, 6.45) is 2.03. The van der Waals surface area contributed by atoms with Crippen LogP contribution < -0.4 is 5.73 Å². The third-order valence-electron chi connectivity index (χ3n) is 3.45. The molecule has 4 heteroatoms. The molecule has 18 heavy (non-hydrogen) atoms. The van der Waals surface area contributed by atoms with Gasteiger partial charge >= 0.3 is 0 Å². The zero-order valence-corrected chi connectivity index (χ0v) is 11.4. The quantitative estimate of drug-likeness (QED) is 0.877. The van der Waals surface area contributed by atoms with Gasteiger partial charge in [-0.1, -0.05) is 19.9 Å². The van der Waals surface area contributed by atoms with Crippen LogP contribution in [-0.4, -0.2) is 33.9 Å². The molecular formula is C14H22N4. The second-order valence-electron chi connectivity index (χ2n) is 4.60. The van der Waals surface area contributed by atoms with E-state index in [9.17, 15) is 0 Å². The summed E-state index contributed by atoms with van der Waals surface area (Å²) in [6, 6.07) is 6.03. The molecule has 0 aromatic carbocycles. The highest BCUT2D eigenvalue weighted by atomic mass is 15.1. The maximum absolute atomic E-state index is 6.36. The van der Waals surface area contributed by atoms with Crippen LogP contribution in [0, 0.1) is 6.92 Å². The number of nitrogens with two attached hydrogens (primary N) is 1. The first-order valence-corrected chi connectivity index (χ1v) is 6.58. The molecule has 1 atom stereocenters. The van der Waals surface area contributed by atoms with Gasteiger partial charge in [0.1, 0.15) is 5.65 Å². The van der Waals surface area contributed by atoms with Gasteiger partial charge in [-0.05, 0) is 32.1 Å². The molecule has 0 saturated carbocycles. The summed E-state index contributed by atoms with van der Waals surface area (Å²) in [6.45, 7) is 9.29. The van der Waals surface area contributed by atoms with Crippen molar-refractivity contribution in [2.24, 2.45) is 5.73 Å². The molecule has 0 fully saturated rings. The number of likely N-dealkylation sites (N-methyl/N-ethyl adjacent to an activating group) is 1. The summed E-state index contributed by atoms with van der Waals surface area (Å²) in [4.78, 5) is 6.90. The molecule has 2 rings (SSSR count). The van der Waals surface area contributed by atoms with Crippen molar-refractivity contribution in [3.8, 4) is 0 Å². The largest absolute Gasteiger partial charge is 0.322 e. The Morgan fingerprint density at radius 3 is 2.72 bits per heavy atom. The molecule has 4 nitrogen and oxygen atoms in total. The molecule has 0 spiro atoms. The van der Waals surface area contributed by atoms with Crippen LogP contribution in [-0.2, 0) is 0 Å². The second-order valence-corrected chi connectivity index (χ2v) is 4.60. The standard InChI is InChI=1S/C14H22N4/c1-4-17(5-2)10-12(15)14-11(3)16-13-8-6-7-9-18(13)14/h6-9,12H,4-5,10,15H2,1-3H3. The number of aromatic nitrogens is 2. The fourth-order valence-corrected chi connectivity index (χ4v) is 2.43. The number of rotatable bonds is 5. The Morgan fingerprint density at radius 1 is 1.33 bits per heavy atom. The zero-order valence-electron chi connectivity index (χ0n) is 11.4. The molecule has 2 aromatic rings. The molecule has 2 aromatic heterocycles. The molecule has 0 saturated heterocycles. The summed E-state index contributed by atoms with van der Waals surface area (Å²) in [5.74, 6) is 0. The van der Waals surface area contributed by atoms with Crippen molar-refractivity contribution in [1.29, 1.82) is 0 Å². The van der Waals surface area contributed by atoms with E-state index >= 15 is 0 Å². The topological polar surface area (TPSA) is 46.6 Å². The number of nitrogens with zero attached hydrogens (tertiary/aromatic N) is 3. The Morgan fingerprint density at radius 2 is 2.06 bits per heavy atom. The number of hydrogen-bond acceptors (Lipinski definition) is 3. The van der Waals surface area contributed by atoms with E-state index < -0.39 is 0 Å². The van der Waals surface area contributed by atoms with Gasteiger partial charge in [0.2, 0.25) is 0 Å². The van der Waals surface area contributed by atoms with Crippen LogP contribution in [0.5, 0.6) is 0 Å². The highest BCUT2D eigenvalue weighted by molar-refractivity contribution is 5.43. The SMILES string of the molecule is CCN(CC)CC(N)c1c(C)nc2ccccn12. The molecule has 2 N–H and O–H groups in total. The highest BCUT2D eigenvalue weighted by Gasteiger charge is 2.17. The van der Waals surface area contributed by atoms with Crippen LogP contribution in [0.2, 0.25) is 0 Å². The van der Waals surface area contributed by atoms with Crippen molar-refractivity contribution in [2.75, 3.05) is 19.6 Å². The molecule has 0 aliphatic heterocycles. The van der Waals surface area contributed by atoms with Gasteiger partial charge in [0.05, 0.1) is 17.4 Å². The minimum Gasteiger partial charge on any atom is -0.322 e. The number of aryl methyl sites for hydroxylation is 1.